The maximum absolute atomic E-state index is 14.5. The van der Waals surface area contributed by atoms with E-state index in [0.717, 1.165) is 19.5 Å². The van der Waals surface area contributed by atoms with Crippen LogP contribution in [0.1, 0.15) is 40.0 Å². The summed E-state index contributed by atoms with van der Waals surface area (Å²) >= 11 is 0. The highest BCUT2D eigenvalue weighted by molar-refractivity contribution is 4.94. The van der Waals surface area contributed by atoms with Gasteiger partial charge in [-0.05, 0) is 45.3 Å². The first kappa shape index (κ1) is 14.3. The van der Waals surface area contributed by atoms with Crippen LogP contribution in [0.4, 0.5) is 4.39 Å². The van der Waals surface area contributed by atoms with Crippen LogP contribution in [0.25, 0.3) is 0 Å². The fourth-order valence-electron chi connectivity index (χ4n) is 3.47. The van der Waals surface area contributed by atoms with Gasteiger partial charge in [0.2, 0.25) is 0 Å². The molecule has 2 aliphatic heterocycles. The summed E-state index contributed by atoms with van der Waals surface area (Å²) in [4.78, 5) is 4.79. The fourth-order valence-corrected chi connectivity index (χ4v) is 3.47. The summed E-state index contributed by atoms with van der Waals surface area (Å²) in [5, 5.41) is 0. The summed E-state index contributed by atoms with van der Waals surface area (Å²) in [6.45, 7) is 10.5. The van der Waals surface area contributed by atoms with E-state index < -0.39 is 6.17 Å². The van der Waals surface area contributed by atoms with E-state index in [2.05, 4.69) is 37.6 Å². The zero-order valence-electron chi connectivity index (χ0n) is 12.5. The zero-order valence-corrected chi connectivity index (χ0v) is 12.5. The summed E-state index contributed by atoms with van der Waals surface area (Å²) in [5.41, 5.74) is -0.114. The Morgan fingerprint density at radius 2 is 1.94 bits per heavy atom. The lowest BCUT2D eigenvalue weighted by Crippen LogP contribution is -2.56. The Balaban J connectivity index is 1.95. The van der Waals surface area contributed by atoms with E-state index in [1.165, 1.54) is 19.4 Å². The number of hydrogen-bond acceptors (Lipinski definition) is 2. The van der Waals surface area contributed by atoms with Gasteiger partial charge in [-0.3, -0.25) is 4.90 Å². The van der Waals surface area contributed by atoms with Crippen molar-refractivity contribution in [2.75, 3.05) is 33.2 Å². The number of likely N-dealkylation sites (N-methyl/N-ethyl adjacent to an activating group) is 1. The smallest absolute Gasteiger partial charge is 0.118 e. The average Bonchev–Trinajstić information content (AvgIpc) is 2.32. The summed E-state index contributed by atoms with van der Waals surface area (Å²) < 4.78 is 14.5. The lowest BCUT2D eigenvalue weighted by atomic mass is 9.70. The first-order chi connectivity index (χ1) is 8.43. The van der Waals surface area contributed by atoms with Crippen molar-refractivity contribution in [3.05, 3.63) is 0 Å². The van der Waals surface area contributed by atoms with Gasteiger partial charge in [-0.15, -0.1) is 0 Å². The SMILES string of the molecule is CC(C)C1(C)CCN(C2CCCN(C)C2)C[C@H]1F. The number of hydrogen-bond donors (Lipinski definition) is 0. The minimum absolute atomic E-state index is 0.114. The minimum Gasteiger partial charge on any atom is -0.305 e. The Bertz CT molecular complexity index is 282. The summed E-state index contributed by atoms with van der Waals surface area (Å²) in [5.74, 6) is 0.434. The van der Waals surface area contributed by atoms with Crippen LogP contribution in [0.5, 0.6) is 0 Å². The predicted octanol–water partition coefficient (Wildman–Crippen LogP) is 2.79. The van der Waals surface area contributed by atoms with E-state index in [4.69, 9.17) is 0 Å². The van der Waals surface area contributed by atoms with Crippen molar-refractivity contribution in [1.82, 2.24) is 9.80 Å². The van der Waals surface area contributed by atoms with Crippen molar-refractivity contribution < 1.29 is 4.39 Å². The van der Waals surface area contributed by atoms with Crippen molar-refractivity contribution >= 4 is 0 Å². The second-order valence-electron chi connectivity index (χ2n) is 6.93. The molecule has 0 aromatic rings. The normalized spacial score (nSPS) is 40.3. The summed E-state index contributed by atoms with van der Waals surface area (Å²) in [7, 11) is 2.18. The third kappa shape index (κ3) is 2.72. The van der Waals surface area contributed by atoms with Crippen LogP contribution in [0, 0.1) is 11.3 Å². The van der Waals surface area contributed by atoms with Crippen LogP contribution < -0.4 is 0 Å². The summed E-state index contributed by atoms with van der Waals surface area (Å²) in [6.07, 6.45) is 2.84. The van der Waals surface area contributed by atoms with Crippen molar-refractivity contribution in [3.8, 4) is 0 Å². The van der Waals surface area contributed by atoms with E-state index in [-0.39, 0.29) is 5.41 Å². The number of piperidine rings is 2. The number of nitrogens with zero attached hydrogens (tertiary/aromatic N) is 2. The largest absolute Gasteiger partial charge is 0.305 e. The molecule has 2 saturated heterocycles. The number of halogens is 1. The van der Waals surface area contributed by atoms with E-state index in [0.29, 0.717) is 18.5 Å². The van der Waals surface area contributed by atoms with Gasteiger partial charge in [-0.25, -0.2) is 4.39 Å². The molecule has 0 spiro atoms. The Kier molecular flexibility index (Phi) is 4.32. The van der Waals surface area contributed by atoms with Gasteiger partial charge in [0.15, 0.2) is 0 Å². The van der Waals surface area contributed by atoms with E-state index in [1.807, 2.05) is 0 Å². The lowest BCUT2D eigenvalue weighted by molar-refractivity contribution is -0.0368. The number of likely N-dealkylation sites (tertiary alicyclic amines) is 2. The van der Waals surface area contributed by atoms with E-state index in [1.54, 1.807) is 0 Å². The molecule has 2 heterocycles. The van der Waals surface area contributed by atoms with Gasteiger partial charge in [0.05, 0.1) is 0 Å². The van der Waals surface area contributed by atoms with Crippen LogP contribution in [0.2, 0.25) is 0 Å². The third-order valence-corrected chi connectivity index (χ3v) is 5.48. The first-order valence-electron chi connectivity index (χ1n) is 7.50. The Labute approximate surface area is 112 Å². The molecule has 0 aromatic heterocycles. The Hall–Kier alpha value is -0.150. The van der Waals surface area contributed by atoms with Gasteiger partial charge in [0, 0.05) is 24.5 Å². The molecule has 0 radical (unpaired) electrons. The van der Waals surface area contributed by atoms with Crippen LogP contribution in [0.15, 0.2) is 0 Å². The van der Waals surface area contributed by atoms with Gasteiger partial charge < -0.3 is 4.90 Å². The number of rotatable bonds is 2. The molecule has 0 bridgehead atoms. The van der Waals surface area contributed by atoms with Crippen molar-refractivity contribution in [3.63, 3.8) is 0 Å². The molecular formula is C15H29FN2. The molecule has 0 aromatic carbocycles. The van der Waals surface area contributed by atoms with Gasteiger partial charge in [0.25, 0.3) is 0 Å². The maximum Gasteiger partial charge on any atom is 0.118 e. The monoisotopic (exact) mass is 256 g/mol. The molecule has 2 fully saturated rings. The lowest BCUT2D eigenvalue weighted by Gasteiger charge is -2.48. The van der Waals surface area contributed by atoms with E-state index >= 15 is 0 Å². The number of alkyl halides is 1. The molecule has 2 nitrogen and oxygen atoms in total. The molecule has 18 heavy (non-hydrogen) atoms. The Morgan fingerprint density at radius 3 is 2.50 bits per heavy atom. The van der Waals surface area contributed by atoms with Crippen molar-refractivity contribution in [1.29, 1.82) is 0 Å². The second kappa shape index (κ2) is 5.46. The second-order valence-corrected chi connectivity index (χ2v) is 6.93. The average molecular weight is 256 g/mol. The van der Waals surface area contributed by atoms with Gasteiger partial charge >= 0.3 is 0 Å². The van der Waals surface area contributed by atoms with Crippen molar-refractivity contribution in [2.24, 2.45) is 11.3 Å². The van der Waals surface area contributed by atoms with E-state index in [9.17, 15) is 4.39 Å². The molecule has 0 aliphatic carbocycles. The van der Waals surface area contributed by atoms with Crippen LogP contribution in [-0.2, 0) is 0 Å². The highest BCUT2D eigenvalue weighted by atomic mass is 19.1. The van der Waals surface area contributed by atoms with Crippen LogP contribution in [0.3, 0.4) is 0 Å². The van der Waals surface area contributed by atoms with Gasteiger partial charge in [-0.1, -0.05) is 20.8 Å². The summed E-state index contributed by atoms with van der Waals surface area (Å²) in [6, 6.07) is 0.582. The standard InChI is InChI=1S/C15H29FN2/c1-12(2)15(3)7-9-18(11-14(15)16)13-6-5-8-17(4)10-13/h12-14H,5-11H2,1-4H3/t13?,14-,15?/m1/s1. The van der Waals surface area contributed by atoms with Crippen LogP contribution >= 0.6 is 0 Å². The molecular weight excluding hydrogens is 227 g/mol. The molecule has 2 aliphatic rings. The molecule has 106 valence electrons. The quantitative estimate of drug-likeness (QED) is 0.749. The first-order valence-corrected chi connectivity index (χ1v) is 7.50. The van der Waals surface area contributed by atoms with Crippen molar-refractivity contribution in [2.45, 2.75) is 52.2 Å². The molecule has 2 unspecified atom stereocenters. The van der Waals surface area contributed by atoms with Crippen LogP contribution in [-0.4, -0.2) is 55.2 Å². The zero-order chi connectivity index (χ0) is 13.3. The molecule has 2 rings (SSSR count). The maximum atomic E-state index is 14.5. The fraction of sp³-hybridized carbons (Fsp3) is 1.00. The molecule has 0 amide bonds. The van der Waals surface area contributed by atoms with Gasteiger partial charge in [-0.2, -0.15) is 0 Å². The third-order valence-electron chi connectivity index (χ3n) is 5.48. The Morgan fingerprint density at radius 1 is 1.22 bits per heavy atom. The van der Waals surface area contributed by atoms with Gasteiger partial charge in [0.1, 0.15) is 6.17 Å². The predicted molar refractivity (Wildman–Crippen MR) is 74.6 cm³/mol. The molecule has 0 N–H and O–H groups in total. The highest BCUT2D eigenvalue weighted by Gasteiger charge is 2.43. The highest BCUT2D eigenvalue weighted by Crippen LogP contribution is 2.41. The molecule has 0 saturated carbocycles. The molecule has 3 heteroatoms. The topological polar surface area (TPSA) is 6.48 Å². The molecule has 3 atom stereocenters. The minimum atomic E-state index is -0.668.